The molecule has 20 heavy (non-hydrogen) atoms. The smallest absolute Gasteiger partial charge is 0.289 e. The summed E-state index contributed by atoms with van der Waals surface area (Å²) in [5.74, 6) is 0. The van der Waals surface area contributed by atoms with E-state index in [1.165, 1.54) is 16.4 Å². The lowest BCUT2D eigenvalue weighted by atomic mass is 10.2. The van der Waals surface area contributed by atoms with Gasteiger partial charge >= 0.3 is 0 Å². The van der Waals surface area contributed by atoms with Crippen molar-refractivity contribution < 1.29 is 13.3 Å². The van der Waals surface area contributed by atoms with E-state index >= 15 is 0 Å². The molecular formula is C12H17N3O4S. The van der Waals surface area contributed by atoms with E-state index in [4.69, 9.17) is 5.73 Å². The first-order chi connectivity index (χ1) is 9.43. The Balaban J connectivity index is 2.47. The van der Waals surface area contributed by atoms with Crippen molar-refractivity contribution >= 4 is 21.4 Å². The molecule has 1 saturated heterocycles. The summed E-state index contributed by atoms with van der Waals surface area (Å²) in [5, 5.41) is 11.0. The number of benzene rings is 1. The fourth-order valence-corrected chi connectivity index (χ4v) is 4.02. The lowest BCUT2D eigenvalue weighted by molar-refractivity contribution is -0.387. The van der Waals surface area contributed by atoms with E-state index < -0.39 is 20.6 Å². The maximum Gasteiger partial charge on any atom is 0.289 e. The van der Waals surface area contributed by atoms with Gasteiger partial charge in [-0.25, -0.2) is 8.42 Å². The highest BCUT2D eigenvalue weighted by Gasteiger charge is 2.32. The minimum Gasteiger partial charge on any atom is -0.399 e. The molecule has 1 aromatic carbocycles. The Kier molecular flexibility index (Phi) is 4.24. The average Bonchev–Trinajstić information content (AvgIpc) is 2.67. The van der Waals surface area contributed by atoms with Gasteiger partial charge in [0.15, 0.2) is 4.90 Å². The summed E-state index contributed by atoms with van der Waals surface area (Å²) in [7, 11) is -3.87. The second-order valence-electron chi connectivity index (χ2n) is 4.80. The Morgan fingerprint density at radius 2 is 1.75 bits per heavy atom. The number of nitrogen functional groups attached to an aromatic ring is 1. The van der Waals surface area contributed by atoms with Crippen molar-refractivity contribution in [2.24, 2.45) is 0 Å². The number of anilines is 1. The highest BCUT2D eigenvalue weighted by atomic mass is 32.2. The molecule has 1 aliphatic rings. The molecule has 0 aromatic heterocycles. The maximum absolute atomic E-state index is 12.6. The van der Waals surface area contributed by atoms with Gasteiger partial charge in [0, 0.05) is 24.8 Å². The number of hydrogen-bond acceptors (Lipinski definition) is 5. The van der Waals surface area contributed by atoms with Crippen LogP contribution in [0.2, 0.25) is 0 Å². The van der Waals surface area contributed by atoms with Crippen LogP contribution in [-0.4, -0.2) is 30.7 Å². The molecule has 0 amide bonds. The van der Waals surface area contributed by atoms with Crippen LogP contribution in [0.15, 0.2) is 23.1 Å². The lowest BCUT2D eigenvalue weighted by Gasteiger charge is -2.19. The van der Waals surface area contributed by atoms with Gasteiger partial charge in [-0.2, -0.15) is 4.31 Å². The van der Waals surface area contributed by atoms with Crippen LogP contribution in [0.1, 0.15) is 25.7 Å². The summed E-state index contributed by atoms with van der Waals surface area (Å²) in [6, 6.07) is 3.64. The zero-order valence-corrected chi connectivity index (χ0v) is 11.8. The van der Waals surface area contributed by atoms with Gasteiger partial charge in [0.25, 0.3) is 5.69 Å². The third kappa shape index (κ3) is 2.91. The first-order valence-corrected chi connectivity index (χ1v) is 7.91. The molecule has 0 aliphatic carbocycles. The summed E-state index contributed by atoms with van der Waals surface area (Å²) < 4.78 is 26.5. The standard InChI is InChI=1S/C12H17N3O4S/c13-10-5-6-11(15(16)17)12(9-10)20(18,19)14-7-3-1-2-4-8-14/h5-6,9H,1-4,7-8,13H2. The minimum absolute atomic E-state index is 0.198. The van der Waals surface area contributed by atoms with Gasteiger partial charge in [-0.1, -0.05) is 12.8 Å². The van der Waals surface area contributed by atoms with E-state index in [9.17, 15) is 18.5 Å². The van der Waals surface area contributed by atoms with Crippen LogP contribution in [-0.2, 0) is 10.0 Å². The van der Waals surface area contributed by atoms with E-state index in [-0.39, 0.29) is 10.6 Å². The number of nitrogens with zero attached hydrogens (tertiary/aromatic N) is 2. The second kappa shape index (κ2) is 5.76. The number of sulfonamides is 1. The Morgan fingerprint density at radius 3 is 2.30 bits per heavy atom. The van der Waals surface area contributed by atoms with Crippen LogP contribution < -0.4 is 5.73 Å². The molecule has 0 unspecified atom stereocenters. The third-order valence-corrected chi connectivity index (χ3v) is 5.29. The SMILES string of the molecule is Nc1ccc([N+](=O)[O-])c(S(=O)(=O)N2CCCCCC2)c1. The molecule has 0 spiro atoms. The number of nitrogens with two attached hydrogens (primary N) is 1. The molecule has 0 bridgehead atoms. The Morgan fingerprint density at radius 1 is 1.15 bits per heavy atom. The second-order valence-corrected chi connectivity index (χ2v) is 6.71. The lowest BCUT2D eigenvalue weighted by Crippen LogP contribution is -2.32. The monoisotopic (exact) mass is 299 g/mol. The van der Waals surface area contributed by atoms with Gasteiger partial charge in [0.05, 0.1) is 4.92 Å². The quantitative estimate of drug-likeness (QED) is 0.519. The Labute approximate surface area is 117 Å². The first-order valence-electron chi connectivity index (χ1n) is 6.47. The highest BCUT2D eigenvalue weighted by molar-refractivity contribution is 7.89. The van der Waals surface area contributed by atoms with Crippen molar-refractivity contribution in [1.29, 1.82) is 0 Å². The van der Waals surface area contributed by atoms with E-state index in [0.717, 1.165) is 31.7 Å². The topological polar surface area (TPSA) is 107 Å². The van der Waals surface area contributed by atoms with Gasteiger partial charge in [0.1, 0.15) is 0 Å². The molecule has 110 valence electrons. The van der Waals surface area contributed by atoms with Crippen LogP contribution in [0.25, 0.3) is 0 Å². The van der Waals surface area contributed by atoms with Crippen LogP contribution in [0.3, 0.4) is 0 Å². The van der Waals surface area contributed by atoms with Gasteiger partial charge in [0.2, 0.25) is 10.0 Å². The van der Waals surface area contributed by atoms with Crippen LogP contribution >= 0.6 is 0 Å². The molecule has 0 saturated carbocycles. The summed E-state index contributed by atoms with van der Waals surface area (Å²) in [5.41, 5.74) is 5.35. The largest absolute Gasteiger partial charge is 0.399 e. The highest BCUT2D eigenvalue weighted by Crippen LogP contribution is 2.29. The molecule has 0 radical (unpaired) electrons. The zero-order valence-electron chi connectivity index (χ0n) is 11.0. The fourth-order valence-electron chi connectivity index (χ4n) is 2.31. The number of hydrogen-bond donors (Lipinski definition) is 1. The normalized spacial score (nSPS) is 17.6. The van der Waals surface area contributed by atoms with Crippen molar-refractivity contribution in [3.05, 3.63) is 28.3 Å². The van der Waals surface area contributed by atoms with Crippen molar-refractivity contribution in [1.82, 2.24) is 4.31 Å². The van der Waals surface area contributed by atoms with Crippen molar-refractivity contribution in [2.45, 2.75) is 30.6 Å². The fraction of sp³-hybridized carbons (Fsp3) is 0.500. The van der Waals surface area contributed by atoms with E-state index in [1.54, 1.807) is 0 Å². The number of rotatable bonds is 3. The maximum atomic E-state index is 12.6. The van der Waals surface area contributed by atoms with E-state index in [0.29, 0.717) is 13.1 Å². The van der Waals surface area contributed by atoms with E-state index in [2.05, 4.69) is 0 Å². The predicted molar refractivity (Wildman–Crippen MR) is 74.7 cm³/mol. The summed E-state index contributed by atoms with van der Waals surface area (Å²) in [6.07, 6.45) is 3.50. The molecule has 2 rings (SSSR count). The van der Waals surface area contributed by atoms with Crippen molar-refractivity contribution in [3.8, 4) is 0 Å². The average molecular weight is 299 g/mol. The molecule has 1 heterocycles. The summed E-state index contributed by atoms with van der Waals surface area (Å²) in [4.78, 5) is 10.0. The molecule has 1 fully saturated rings. The first kappa shape index (κ1) is 14.7. The van der Waals surface area contributed by atoms with Crippen molar-refractivity contribution in [3.63, 3.8) is 0 Å². The number of nitro groups is 1. The summed E-state index contributed by atoms with van der Waals surface area (Å²) in [6.45, 7) is 0.794. The van der Waals surface area contributed by atoms with Crippen LogP contribution in [0.4, 0.5) is 11.4 Å². The summed E-state index contributed by atoms with van der Waals surface area (Å²) >= 11 is 0. The molecule has 1 aliphatic heterocycles. The molecule has 7 nitrogen and oxygen atoms in total. The molecule has 2 N–H and O–H groups in total. The van der Waals surface area contributed by atoms with Gasteiger partial charge in [-0.05, 0) is 25.0 Å². The van der Waals surface area contributed by atoms with Crippen LogP contribution in [0.5, 0.6) is 0 Å². The molecule has 8 heteroatoms. The Hall–Kier alpha value is -1.67. The minimum atomic E-state index is -3.87. The molecule has 1 aromatic rings. The van der Waals surface area contributed by atoms with Gasteiger partial charge < -0.3 is 5.73 Å². The van der Waals surface area contributed by atoms with Gasteiger partial charge in [-0.15, -0.1) is 0 Å². The predicted octanol–water partition coefficient (Wildman–Crippen LogP) is 1.74. The molecular weight excluding hydrogens is 282 g/mol. The van der Waals surface area contributed by atoms with E-state index in [1.807, 2.05) is 0 Å². The molecule has 0 atom stereocenters. The van der Waals surface area contributed by atoms with Crippen LogP contribution in [0, 0.1) is 10.1 Å². The van der Waals surface area contributed by atoms with Gasteiger partial charge in [-0.3, -0.25) is 10.1 Å². The number of nitro benzene ring substituents is 1. The van der Waals surface area contributed by atoms with Crippen molar-refractivity contribution in [2.75, 3.05) is 18.8 Å². The Bertz CT molecular complexity index is 607. The third-order valence-electron chi connectivity index (χ3n) is 3.36. The zero-order chi connectivity index (χ0) is 14.8.